The number of sulfonamides is 1. The summed E-state index contributed by atoms with van der Waals surface area (Å²) in [6, 6.07) is 11.1. The first kappa shape index (κ1) is 18.1. The maximum atomic E-state index is 12.7. The standard InChI is InChI=1S/C18H22N2O3S2/c1-20(12-14-7-3-2-4-8-14)25(22,23)16-11-17(24-13-16)18(21)19-15-9-5-6-10-15/h2-4,7-8,11,13,15H,5-6,9-10,12H2,1H3,(H,19,21). The molecule has 2 aromatic rings. The average Bonchev–Trinajstić information content (AvgIpc) is 3.27. The minimum atomic E-state index is -3.61. The van der Waals surface area contributed by atoms with Gasteiger partial charge in [-0.05, 0) is 24.5 Å². The lowest BCUT2D eigenvalue weighted by atomic mass is 10.2. The number of thiophene rings is 1. The van der Waals surface area contributed by atoms with Crippen molar-refractivity contribution in [3.05, 3.63) is 52.2 Å². The van der Waals surface area contributed by atoms with E-state index in [2.05, 4.69) is 5.32 Å². The Morgan fingerprint density at radius 1 is 1.24 bits per heavy atom. The van der Waals surface area contributed by atoms with Crippen LogP contribution in [-0.2, 0) is 16.6 Å². The minimum absolute atomic E-state index is 0.174. The number of rotatable bonds is 6. The van der Waals surface area contributed by atoms with Gasteiger partial charge in [0.1, 0.15) is 0 Å². The summed E-state index contributed by atoms with van der Waals surface area (Å²) < 4.78 is 26.7. The molecule has 1 fully saturated rings. The van der Waals surface area contributed by atoms with Crippen LogP contribution in [0.2, 0.25) is 0 Å². The minimum Gasteiger partial charge on any atom is -0.349 e. The molecule has 5 nitrogen and oxygen atoms in total. The van der Waals surface area contributed by atoms with E-state index in [9.17, 15) is 13.2 Å². The van der Waals surface area contributed by atoms with Gasteiger partial charge < -0.3 is 5.32 Å². The zero-order chi connectivity index (χ0) is 17.9. The number of amides is 1. The monoisotopic (exact) mass is 378 g/mol. The number of hydrogen-bond acceptors (Lipinski definition) is 4. The Morgan fingerprint density at radius 2 is 1.92 bits per heavy atom. The Morgan fingerprint density at radius 3 is 2.60 bits per heavy atom. The molecule has 1 aromatic heterocycles. The van der Waals surface area contributed by atoms with Crippen LogP contribution in [0.5, 0.6) is 0 Å². The molecule has 1 aromatic carbocycles. The van der Waals surface area contributed by atoms with E-state index in [1.54, 1.807) is 12.4 Å². The third kappa shape index (κ3) is 4.29. The van der Waals surface area contributed by atoms with Crippen LogP contribution in [-0.4, -0.2) is 31.7 Å². The van der Waals surface area contributed by atoms with Gasteiger partial charge in [0, 0.05) is 25.0 Å². The zero-order valence-corrected chi connectivity index (χ0v) is 15.8. The van der Waals surface area contributed by atoms with E-state index in [0.29, 0.717) is 11.4 Å². The Hall–Kier alpha value is -1.70. The molecule has 1 N–H and O–H groups in total. The van der Waals surface area contributed by atoms with Crippen molar-refractivity contribution in [2.24, 2.45) is 0 Å². The summed E-state index contributed by atoms with van der Waals surface area (Å²) in [6.07, 6.45) is 4.28. The molecular formula is C18H22N2O3S2. The maximum Gasteiger partial charge on any atom is 0.261 e. The molecule has 3 rings (SSSR count). The lowest BCUT2D eigenvalue weighted by molar-refractivity contribution is 0.0942. The highest BCUT2D eigenvalue weighted by Gasteiger charge is 2.25. The van der Waals surface area contributed by atoms with Gasteiger partial charge in [-0.2, -0.15) is 4.31 Å². The normalized spacial score (nSPS) is 15.6. The molecule has 1 saturated carbocycles. The van der Waals surface area contributed by atoms with Crippen molar-refractivity contribution in [3.8, 4) is 0 Å². The molecule has 1 heterocycles. The van der Waals surface area contributed by atoms with Crippen molar-refractivity contribution in [2.75, 3.05) is 7.05 Å². The van der Waals surface area contributed by atoms with Crippen molar-refractivity contribution >= 4 is 27.3 Å². The molecule has 0 radical (unpaired) electrons. The number of nitrogens with zero attached hydrogens (tertiary/aromatic N) is 1. The van der Waals surface area contributed by atoms with Gasteiger partial charge in [-0.15, -0.1) is 11.3 Å². The van der Waals surface area contributed by atoms with Gasteiger partial charge in [0.25, 0.3) is 5.91 Å². The lowest BCUT2D eigenvalue weighted by Gasteiger charge is -2.16. The highest BCUT2D eigenvalue weighted by atomic mass is 32.2. The van der Waals surface area contributed by atoms with Crippen LogP contribution in [0.4, 0.5) is 0 Å². The molecule has 0 unspecified atom stereocenters. The molecule has 0 aliphatic heterocycles. The first-order chi connectivity index (χ1) is 12.0. The molecule has 0 spiro atoms. The maximum absolute atomic E-state index is 12.7. The van der Waals surface area contributed by atoms with Crippen LogP contribution in [0.25, 0.3) is 0 Å². The second-order valence-corrected chi connectivity index (χ2v) is 9.30. The molecule has 7 heteroatoms. The second kappa shape index (κ2) is 7.68. The number of benzene rings is 1. The Bertz CT molecular complexity index is 825. The molecule has 134 valence electrons. The largest absolute Gasteiger partial charge is 0.349 e. The van der Waals surface area contributed by atoms with E-state index in [-0.39, 0.29) is 16.8 Å². The average molecular weight is 379 g/mol. The van der Waals surface area contributed by atoms with Gasteiger partial charge >= 0.3 is 0 Å². The molecule has 0 atom stereocenters. The molecule has 1 aliphatic rings. The summed E-state index contributed by atoms with van der Waals surface area (Å²) in [5.74, 6) is -0.177. The number of carbonyl (C=O) groups excluding carboxylic acids is 1. The van der Waals surface area contributed by atoms with E-state index in [1.807, 2.05) is 30.3 Å². The highest BCUT2D eigenvalue weighted by Crippen LogP contribution is 2.24. The lowest BCUT2D eigenvalue weighted by Crippen LogP contribution is -2.32. The molecular weight excluding hydrogens is 356 g/mol. The van der Waals surface area contributed by atoms with E-state index >= 15 is 0 Å². The van der Waals surface area contributed by atoms with Gasteiger partial charge in [0.05, 0.1) is 9.77 Å². The van der Waals surface area contributed by atoms with Gasteiger partial charge in [0.15, 0.2) is 0 Å². The molecule has 1 aliphatic carbocycles. The number of carbonyl (C=O) groups is 1. The summed E-state index contributed by atoms with van der Waals surface area (Å²) in [5, 5.41) is 4.53. The summed E-state index contributed by atoms with van der Waals surface area (Å²) in [6.45, 7) is 0.294. The number of hydrogen-bond donors (Lipinski definition) is 1. The first-order valence-electron chi connectivity index (χ1n) is 8.36. The Balaban J connectivity index is 1.70. The van der Waals surface area contributed by atoms with Crippen molar-refractivity contribution in [1.29, 1.82) is 0 Å². The number of nitrogens with one attached hydrogen (secondary N) is 1. The summed E-state index contributed by atoms with van der Waals surface area (Å²) in [4.78, 5) is 12.9. The topological polar surface area (TPSA) is 66.5 Å². The van der Waals surface area contributed by atoms with Gasteiger partial charge in [-0.25, -0.2) is 8.42 Å². The van der Waals surface area contributed by atoms with Crippen molar-refractivity contribution in [3.63, 3.8) is 0 Å². The highest BCUT2D eigenvalue weighted by molar-refractivity contribution is 7.89. The van der Waals surface area contributed by atoms with Crippen molar-refractivity contribution in [2.45, 2.75) is 43.2 Å². The van der Waals surface area contributed by atoms with Crippen molar-refractivity contribution in [1.82, 2.24) is 9.62 Å². The van der Waals surface area contributed by atoms with Crippen LogP contribution in [0, 0.1) is 0 Å². The van der Waals surface area contributed by atoms with E-state index in [0.717, 1.165) is 31.2 Å². The SMILES string of the molecule is CN(Cc1ccccc1)S(=O)(=O)c1csc(C(=O)NC2CCCC2)c1. The van der Waals surface area contributed by atoms with Crippen LogP contribution in [0.1, 0.15) is 40.9 Å². The fourth-order valence-corrected chi connectivity index (χ4v) is 5.33. The predicted octanol–water partition coefficient (Wildman–Crippen LogP) is 3.24. The fourth-order valence-electron chi connectivity index (χ4n) is 3.01. The third-order valence-corrected chi connectivity index (χ3v) is 7.31. The Kier molecular flexibility index (Phi) is 5.56. The van der Waals surface area contributed by atoms with E-state index < -0.39 is 10.0 Å². The molecule has 25 heavy (non-hydrogen) atoms. The quantitative estimate of drug-likeness (QED) is 0.839. The van der Waals surface area contributed by atoms with Gasteiger partial charge in [-0.1, -0.05) is 43.2 Å². The van der Waals surface area contributed by atoms with E-state index in [4.69, 9.17) is 0 Å². The fraction of sp³-hybridized carbons (Fsp3) is 0.389. The Labute approximate surface area is 152 Å². The zero-order valence-electron chi connectivity index (χ0n) is 14.1. The summed E-state index contributed by atoms with van der Waals surface area (Å²) in [5.41, 5.74) is 0.919. The van der Waals surface area contributed by atoms with Crippen LogP contribution < -0.4 is 5.32 Å². The van der Waals surface area contributed by atoms with Crippen LogP contribution >= 0.6 is 11.3 Å². The second-order valence-electron chi connectivity index (χ2n) is 6.35. The summed E-state index contributed by atoms with van der Waals surface area (Å²) >= 11 is 1.17. The van der Waals surface area contributed by atoms with Crippen molar-refractivity contribution < 1.29 is 13.2 Å². The van der Waals surface area contributed by atoms with Gasteiger partial charge in [0.2, 0.25) is 10.0 Å². The summed E-state index contributed by atoms with van der Waals surface area (Å²) in [7, 11) is -2.06. The molecule has 0 bridgehead atoms. The van der Waals surface area contributed by atoms with E-state index in [1.165, 1.54) is 21.7 Å². The van der Waals surface area contributed by atoms with Crippen LogP contribution in [0.15, 0.2) is 46.7 Å². The van der Waals surface area contributed by atoms with Crippen LogP contribution in [0.3, 0.4) is 0 Å². The first-order valence-corrected chi connectivity index (χ1v) is 10.7. The third-order valence-electron chi connectivity index (χ3n) is 4.45. The smallest absolute Gasteiger partial charge is 0.261 e. The predicted molar refractivity (Wildman–Crippen MR) is 99.1 cm³/mol. The molecule has 1 amide bonds. The molecule has 0 saturated heterocycles. The van der Waals surface area contributed by atoms with Gasteiger partial charge in [-0.3, -0.25) is 4.79 Å².